The Bertz CT molecular complexity index is 383. The van der Waals surface area contributed by atoms with E-state index in [1.165, 1.54) is 19.2 Å². The SMILES string of the molecule is COCC(Oc1ccc(I)cc1F)C(=O)O. The van der Waals surface area contributed by atoms with Crippen LogP contribution in [0.1, 0.15) is 0 Å². The molecule has 0 spiro atoms. The molecule has 0 saturated carbocycles. The van der Waals surface area contributed by atoms with E-state index < -0.39 is 17.9 Å². The predicted octanol–water partition coefficient (Wildman–Crippen LogP) is 1.91. The fourth-order valence-electron chi connectivity index (χ4n) is 1.03. The summed E-state index contributed by atoms with van der Waals surface area (Å²) in [6.45, 7) is -0.138. The fourth-order valence-corrected chi connectivity index (χ4v) is 1.48. The molecule has 0 aliphatic rings. The van der Waals surface area contributed by atoms with Crippen LogP contribution in [0, 0.1) is 9.39 Å². The Morgan fingerprint density at radius 2 is 2.31 bits per heavy atom. The highest BCUT2D eigenvalue weighted by molar-refractivity contribution is 14.1. The largest absolute Gasteiger partial charge is 0.478 e. The Labute approximate surface area is 106 Å². The molecule has 1 atom stereocenters. The lowest BCUT2D eigenvalue weighted by Crippen LogP contribution is -2.31. The summed E-state index contributed by atoms with van der Waals surface area (Å²) in [5, 5.41) is 8.78. The highest BCUT2D eigenvalue weighted by atomic mass is 127. The second-order valence-corrected chi connectivity index (χ2v) is 4.22. The first-order chi connectivity index (χ1) is 7.54. The summed E-state index contributed by atoms with van der Waals surface area (Å²) in [6.07, 6.45) is -1.21. The predicted molar refractivity (Wildman–Crippen MR) is 63.0 cm³/mol. The number of aliphatic carboxylic acids is 1. The van der Waals surface area contributed by atoms with Crippen molar-refractivity contribution in [2.24, 2.45) is 0 Å². The molecule has 0 amide bonds. The van der Waals surface area contributed by atoms with Gasteiger partial charge in [-0.1, -0.05) is 0 Å². The van der Waals surface area contributed by atoms with Crippen molar-refractivity contribution in [3.05, 3.63) is 27.6 Å². The first-order valence-electron chi connectivity index (χ1n) is 4.38. The van der Waals surface area contributed by atoms with Crippen LogP contribution in [-0.2, 0) is 9.53 Å². The quantitative estimate of drug-likeness (QED) is 0.832. The van der Waals surface area contributed by atoms with Crippen LogP contribution in [-0.4, -0.2) is 30.9 Å². The van der Waals surface area contributed by atoms with Crippen LogP contribution in [0.5, 0.6) is 5.75 Å². The fraction of sp³-hybridized carbons (Fsp3) is 0.300. The summed E-state index contributed by atoms with van der Waals surface area (Å²) in [5.41, 5.74) is 0. The molecule has 1 aromatic carbocycles. The lowest BCUT2D eigenvalue weighted by Gasteiger charge is -2.14. The van der Waals surface area contributed by atoms with E-state index in [0.717, 1.165) is 0 Å². The number of ether oxygens (including phenoxy) is 2. The topological polar surface area (TPSA) is 55.8 Å². The third kappa shape index (κ3) is 3.60. The number of benzene rings is 1. The second kappa shape index (κ2) is 6.00. The van der Waals surface area contributed by atoms with Crippen molar-refractivity contribution in [1.29, 1.82) is 0 Å². The van der Waals surface area contributed by atoms with Crippen LogP contribution in [0.3, 0.4) is 0 Å². The lowest BCUT2D eigenvalue weighted by atomic mass is 10.3. The minimum absolute atomic E-state index is 0.0927. The van der Waals surface area contributed by atoms with Crippen molar-refractivity contribution in [2.45, 2.75) is 6.10 Å². The molecule has 1 aromatic rings. The maximum absolute atomic E-state index is 13.4. The Morgan fingerprint density at radius 3 is 2.81 bits per heavy atom. The molecular weight excluding hydrogens is 330 g/mol. The zero-order valence-corrected chi connectivity index (χ0v) is 10.6. The van der Waals surface area contributed by atoms with E-state index in [1.54, 1.807) is 6.07 Å². The summed E-state index contributed by atoms with van der Waals surface area (Å²) in [4.78, 5) is 10.7. The molecule has 0 aliphatic carbocycles. The Hall–Kier alpha value is -0.890. The van der Waals surface area contributed by atoms with Gasteiger partial charge in [-0.05, 0) is 40.8 Å². The maximum atomic E-state index is 13.4. The van der Waals surface area contributed by atoms with E-state index in [4.69, 9.17) is 9.84 Å². The highest BCUT2D eigenvalue weighted by Crippen LogP contribution is 2.20. The van der Waals surface area contributed by atoms with Gasteiger partial charge in [-0.2, -0.15) is 0 Å². The van der Waals surface area contributed by atoms with Gasteiger partial charge in [0.15, 0.2) is 11.6 Å². The van der Waals surface area contributed by atoms with Crippen LogP contribution >= 0.6 is 22.6 Å². The summed E-state index contributed by atoms with van der Waals surface area (Å²) < 4.78 is 23.7. The van der Waals surface area contributed by atoms with Gasteiger partial charge in [0.2, 0.25) is 6.10 Å². The van der Waals surface area contributed by atoms with E-state index in [9.17, 15) is 9.18 Å². The number of hydrogen-bond acceptors (Lipinski definition) is 3. The summed E-state index contributed by atoms with van der Waals surface area (Å²) >= 11 is 1.95. The second-order valence-electron chi connectivity index (χ2n) is 2.97. The van der Waals surface area contributed by atoms with E-state index in [1.807, 2.05) is 22.6 Å². The molecule has 0 saturated heterocycles. The van der Waals surface area contributed by atoms with Crippen molar-refractivity contribution >= 4 is 28.6 Å². The minimum Gasteiger partial charge on any atom is -0.478 e. The van der Waals surface area contributed by atoms with Gasteiger partial charge in [0.1, 0.15) is 0 Å². The van der Waals surface area contributed by atoms with Crippen LogP contribution < -0.4 is 4.74 Å². The first kappa shape index (κ1) is 13.2. The van der Waals surface area contributed by atoms with Crippen molar-refractivity contribution in [2.75, 3.05) is 13.7 Å². The number of hydrogen-bond donors (Lipinski definition) is 1. The molecule has 0 aliphatic heterocycles. The first-order valence-corrected chi connectivity index (χ1v) is 5.46. The lowest BCUT2D eigenvalue weighted by molar-refractivity contribution is -0.147. The van der Waals surface area contributed by atoms with Gasteiger partial charge in [0.05, 0.1) is 6.61 Å². The van der Waals surface area contributed by atoms with Gasteiger partial charge < -0.3 is 14.6 Å². The Kier molecular flexibility index (Phi) is 4.94. The van der Waals surface area contributed by atoms with Gasteiger partial charge in [-0.3, -0.25) is 0 Å². The molecule has 0 fully saturated rings. The highest BCUT2D eigenvalue weighted by Gasteiger charge is 2.20. The number of carboxylic acid groups (broad SMARTS) is 1. The van der Waals surface area contributed by atoms with Gasteiger partial charge in [0, 0.05) is 10.7 Å². The van der Waals surface area contributed by atoms with Crippen LogP contribution in [0.2, 0.25) is 0 Å². The molecule has 1 unspecified atom stereocenters. The van der Waals surface area contributed by atoms with Gasteiger partial charge in [-0.25, -0.2) is 9.18 Å². The molecule has 16 heavy (non-hydrogen) atoms. The molecule has 88 valence electrons. The summed E-state index contributed by atoms with van der Waals surface area (Å²) in [6, 6.07) is 4.29. The summed E-state index contributed by atoms with van der Waals surface area (Å²) in [5.74, 6) is -1.88. The molecule has 0 bridgehead atoms. The van der Waals surface area contributed by atoms with Gasteiger partial charge in [-0.15, -0.1) is 0 Å². The van der Waals surface area contributed by atoms with Crippen molar-refractivity contribution < 1.29 is 23.8 Å². The maximum Gasteiger partial charge on any atom is 0.347 e. The van der Waals surface area contributed by atoms with Gasteiger partial charge in [0.25, 0.3) is 0 Å². The normalized spacial score (nSPS) is 12.2. The van der Waals surface area contributed by atoms with E-state index in [-0.39, 0.29) is 12.4 Å². The molecule has 6 heteroatoms. The number of carboxylic acids is 1. The van der Waals surface area contributed by atoms with Gasteiger partial charge >= 0.3 is 5.97 Å². The molecule has 0 heterocycles. The average Bonchev–Trinajstić information content (AvgIpc) is 2.20. The monoisotopic (exact) mass is 340 g/mol. The smallest absolute Gasteiger partial charge is 0.347 e. The van der Waals surface area contributed by atoms with Crippen molar-refractivity contribution in [3.8, 4) is 5.75 Å². The van der Waals surface area contributed by atoms with Crippen LogP contribution in [0.25, 0.3) is 0 Å². The number of carbonyl (C=O) groups is 1. The van der Waals surface area contributed by atoms with E-state index in [2.05, 4.69) is 4.74 Å². The number of halogens is 2. The number of rotatable bonds is 5. The molecular formula is C10H10FIO4. The summed E-state index contributed by atoms with van der Waals surface area (Å²) in [7, 11) is 1.35. The number of methoxy groups -OCH3 is 1. The van der Waals surface area contributed by atoms with Crippen LogP contribution in [0.4, 0.5) is 4.39 Å². The van der Waals surface area contributed by atoms with E-state index >= 15 is 0 Å². The average molecular weight is 340 g/mol. The molecule has 1 rings (SSSR count). The molecule has 0 aromatic heterocycles. The van der Waals surface area contributed by atoms with Crippen molar-refractivity contribution in [3.63, 3.8) is 0 Å². The third-order valence-electron chi connectivity index (χ3n) is 1.76. The third-order valence-corrected chi connectivity index (χ3v) is 2.43. The zero-order chi connectivity index (χ0) is 12.1. The van der Waals surface area contributed by atoms with E-state index in [0.29, 0.717) is 3.57 Å². The van der Waals surface area contributed by atoms with Crippen LogP contribution in [0.15, 0.2) is 18.2 Å². The molecule has 1 N–H and O–H groups in total. The Morgan fingerprint density at radius 1 is 1.62 bits per heavy atom. The standard InChI is InChI=1S/C10H10FIO4/c1-15-5-9(10(13)14)16-8-3-2-6(12)4-7(8)11/h2-4,9H,5H2,1H3,(H,13,14). The Balaban J connectivity index is 2.81. The van der Waals surface area contributed by atoms with Crippen molar-refractivity contribution in [1.82, 2.24) is 0 Å². The minimum atomic E-state index is -1.21. The molecule has 0 radical (unpaired) electrons. The zero-order valence-electron chi connectivity index (χ0n) is 8.44. The molecule has 4 nitrogen and oxygen atoms in total.